The van der Waals surface area contributed by atoms with Gasteiger partial charge in [-0.25, -0.2) is 0 Å². The van der Waals surface area contributed by atoms with Gasteiger partial charge in [0.05, 0.1) is 11.9 Å². The molecule has 0 radical (unpaired) electrons. The van der Waals surface area contributed by atoms with Gasteiger partial charge in [-0.15, -0.1) is 0 Å². The quantitative estimate of drug-likeness (QED) is 0.768. The number of hydrogen-bond donors (Lipinski definition) is 1. The lowest BCUT2D eigenvalue weighted by molar-refractivity contribution is -0.136. The van der Waals surface area contributed by atoms with Gasteiger partial charge in [0.1, 0.15) is 0 Å². The van der Waals surface area contributed by atoms with Crippen LogP contribution in [0.5, 0.6) is 0 Å². The van der Waals surface area contributed by atoms with E-state index in [2.05, 4.69) is 0 Å². The van der Waals surface area contributed by atoms with Crippen LogP contribution in [0.3, 0.4) is 0 Å². The standard InChI is InChI=1S/C16H11Cl2NO2/c17-11-1-4-13(5-2-11)19-9-10(7-16(20)21)14-8-12(18)3-6-15(14)19/h1-6,8-9H,7H2,(H,20,21). The average Bonchev–Trinajstić information content (AvgIpc) is 2.77. The third-order valence-electron chi connectivity index (χ3n) is 3.30. The number of carbonyl (C=O) groups is 1. The first-order valence-electron chi connectivity index (χ1n) is 6.32. The molecule has 0 atom stereocenters. The van der Waals surface area contributed by atoms with Crippen molar-refractivity contribution in [1.82, 2.24) is 4.57 Å². The second-order valence-corrected chi connectivity index (χ2v) is 5.61. The Labute approximate surface area is 131 Å². The van der Waals surface area contributed by atoms with E-state index in [9.17, 15) is 4.79 Å². The van der Waals surface area contributed by atoms with Crippen LogP contribution in [0, 0.1) is 0 Å². The Hall–Kier alpha value is -1.97. The summed E-state index contributed by atoms with van der Waals surface area (Å²) in [5.41, 5.74) is 2.57. The SMILES string of the molecule is O=C(O)Cc1cn(-c2ccc(Cl)cc2)c2ccc(Cl)cc12. The van der Waals surface area contributed by atoms with E-state index in [-0.39, 0.29) is 6.42 Å². The van der Waals surface area contributed by atoms with Crippen molar-refractivity contribution in [2.75, 3.05) is 0 Å². The van der Waals surface area contributed by atoms with E-state index in [1.54, 1.807) is 24.3 Å². The minimum atomic E-state index is -0.870. The van der Waals surface area contributed by atoms with E-state index in [1.165, 1.54) is 0 Å². The van der Waals surface area contributed by atoms with Crippen LogP contribution in [-0.4, -0.2) is 15.6 Å². The number of benzene rings is 2. The summed E-state index contributed by atoms with van der Waals surface area (Å²) in [7, 11) is 0. The van der Waals surface area contributed by atoms with Crippen molar-refractivity contribution in [3.63, 3.8) is 0 Å². The minimum Gasteiger partial charge on any atom is -0.481 e. The Bertz CT molecular complexity index is 822. The van der Waals surface area contributed by atoms with Crippen LogP contribution in [-0.2, 0) is 11.2 Å². The van der Waals surface area contributed by atoms with Crippen LogP contribution in [0.25, 0.3) is 16.6 Å². The first-order chi connectivity index (χ1) is 10.0. The lowest BCUT2D eigenvalue weighted by Gasteiger charge is -2.05. The smallest absolute Gasteiger partial charge is 0.307 e. The lowest BCUT2D eigenvalue weighted by atomic mass is 10.1. The number of carboxylic acid groups (broad SMARTS) is 1. The molecule has 0 aliphatic carbocycles. The fraction of sp³-hybridized carbons (Fsp3) is 0.0625. The highest BCUT2D eigenvalue weighted by atomic mass is 35.5. The maximum Gasteiger partial charge on any atom is 0.307 e. The van der Waals surface area contributed by atoms with Crippen LogP contribution in [0.1, 0.15) is 5.56 Å². The topological polar surface area (TPSA) is 42.2 Å². The molecule has 3 nitrogen and oxygen atoms in total. The fourth-order valence-corrected chi connectivity index (χ4v) is 2.69. The zero-order valence-corrected chi connectivity index (χ0v) is 12.4. The average molecular weight is 320 g/mol. The molecule has 0 amide bonds. The molecule has 106 valence electrons. The summed E-state index contributed by atoms with van der Waals surface area (Å²) < 4.78 is 1.94. The van der Waals surface area contributed by atoms with Gasteiger partial charge in [-0.05, 0) is 48.0 Å². The molecule has 0 aliphatic heterocycles. The van der Waals surface area contributed by atoms with Gasteiger partial charge in [0.25, 0.3) is 0 Å². The van der Waals surface area contributed by atoms with Crippen molar-refractivity contribution in [1.29, 1.82) is 0 Å². The number of halogens is 2. The number of carboxylic acids is 1. The molecule has 3 rings (SSSR count). The number of nitrogens with zero attached hydrogens (tertiary/aromatic N) is 1. The number of aromatic nitrogens is 1. The van der Waals surface area contributed by atoms with Crippen molar-refractivity contribution in [2.45, 2.75) is 6.42 Å². The number of fused-ring (bicyclic) bond motifs is 1. The van der Waals surface area contributed by atoms with Gasteiger partial charge in [-0.3, -0.25) is 4.79 Å². The highest BCUT2D eigenvalue weighted by Gasteiger charge is 2.13. The summed E-state index contributed by atoms with van der Waals surface area (Å²) >= 11 is 11.9. The van der Waals surface area contributed by atoms with E-state index in [1.807, 2.05) is 29.0 Å². The molecule has 5 heteroatoms. The van der Waals surface area contributed by atoms with E-state index >= 15 is 0 Å². The molecule has 0 bridgehead atoms. The first kappa shape index (κ1) is 14.0. The van der Waals surface area contributed by atoms with Gasteiger partial charge >= 0.3 is 5.97 Å². The van der Waals surface area contributed by atoms with Gasteiger partial charge in [0.15, 0.2) is 0 Å². The van der Waals surface area contributed by atoms with Crippen molar-refractivity contribution >= 4 is 40.1 Å². The highest BCUT2D eigenvalue weighted by Crippen LogP contribution is 2.28. The summed E-state index contributed by atoms with van der Waals surface area (Å²) in [4.78, 5) is 11.0. The molecule has 2 aromatic carbocycles. The largest absolute Gasteiger partial charge is 0.481 e. The molecule has 1 N–H and O–H groups in total. The van der Waals surface area contributed by atoms with Crippen LogP contribution < -0.4 is 0 Å². The van der Waals surface area contributed by atoms with Gasteiger partial charge in [0, 0.05) is 27.3 Å². The van der Waals surface area contributed by atoms with Gasteiger partial charge in [0.2, 0.25) is 0 Å². The minimum absolute atomic E-state index is 0.0442. The number of rotatable bonds is 3. The molecule has 1 aromatic heterocycles. The van der Waals surface area contributed by atoms with E-state index in [0.717, 1.165) is 22.2 Å². The summed E-state index contributed by atoms with van der Waals surface area (Å²) in [5.74, 6) is -0.870. The van der Waals surface area contributed by atoms with Crippen molar-refractivity contribution in [3.05, 3.63) is 64.3 Å². The fourth-order valence-electron chi connectivity index (χ4n) is 2.39. The molecule has 0 fully saturated rings. The highest BCUT2D eigenvalue weighted by molar-refractivity contribution is 6.31. The molecular formula is C16H11Cl2NO2. The Morgan fingerprint density at radius 2 is 1.71 bits per heavy atom. The molecule has 0 spiro atoms. The van der Waals surface area contributed by atoms with Crippen molar-refractivity contribution < 1.29 is 9.90 Å². The third kappa shape index (κ3) is 2.75. The Morgan fingerprint density at radius 3 is 2.38 bits per heavy atom. The second-order valence-electron chi connectivity index (χ2n) is 4.73. The molecule has 0 unspecified atom stereocenters. The molecular weight excluding hydrogens is 309 g/mol. The molecule has 1 heterocycles. The van der Waals surface area contributed by atoms with Crippen LogP contribution in [0.2, 0.25) is 10.0 Å². The van der Waals surface area contributed by atoms with Gasteiger partial charge < -0.3 is 9.67 Å². The monoisotopic (exact) mass is 319 g/mol. The van der Waals surface area contributed by atoms with Crippen molar-refractivity contribution in [3.8, 4) is 5.69 Å². The van der Waals surface area contributed by atoms with Crippen LogP contribution in [0.4, 0.5) is 0 Å². The molecule has 21 heavy (non-hydrogen) atoms. The first-order valence-corrected chi connectivity index (χ1v) is 7.07. The predicted molar refractivity (Wildman–Crippen MR) is 84.6 cm³/mol. The Morgan fingerprint density at radius 1 is 1.05 bits per heavy atom. The Kier molecular flexibility index (Phi) is 3.62. The summed E-state index contributed by atoms with van der Waals surface area (Å²) in [5, 5.41) is 11.1. The van der Waals surface area contributed by atoms with E-state index < -0.39 is 5.97 Å². The predicted octanol–water partition coefficient (Wildman–Crippen LogP) is 4.56. The maximum absolute atomic E-state index is 11.0. The van der Waals surface area contributed by atoms with Crippen LogP contribution >= 0.6 is 23.2 Å². The molecule has 0 saturated heterocycles. The number of aliphatic carboxylic acids is 1. The van der Waals surface area contributed by atoms with Crippen molar-refractivity contribution in [2.24, 2.45) is 0 Å². The van der Waals surface area contributed by atoms with Crippen LogP contribution in [0.15, 0.2) is 48.7 Å². The lowest BCUT2D eigenvalue weighted by Crippen LogP contribution is -1.99. The summed E-state index contributed by atoms with van der Waals surface area (Å²) in [6, 6.07) is 12.9. The van der Waals surface area contributed by atoms with E-state index in [4.69, 9.17) is 28.3 Å². The van der Waals surface area contributed by atoms with E-state index in [0.29, 0.717) is 10.0 Å². The van der Waals surface area contributed by atoms with Gasteiger partial charge in [-0.1, -0.05) is 23.2 Å². The zero-order valence-electron chi connectivity index (χ0n) is 10.9. The maximum atomic E-state index is 11.0. The molecule has 0 aliphatic rings. The zero-order chi connectivity index (χ0) is 15.0. The number of hydrogen-bond acceptors (Lipinski definition) is 1. The third-order valence-corrected chi connectivity index (χ3v) is 3.78. The summed E-state index contributed by atoms with van der Waals surface area (Å²) in [6.07, 6.45) is 1.79. The summed E-state index contributed by atoms with van der Waals surface area (Å²) in [6.45, 7) is 0. The molecule has 0 saturated carbocycles. The molecule has 3 aromatic rings. The Balaban J connectivity index is 2.23. The van der Waals surface area contributed by atoms with Gasteiger partial charge in [-0.2, -0.15) is 0 Å². The second kappa shape index (κ2) is 5.43. The normalized spacial score (nSPS) is 11.0.